The van der Waals surface area contributed by atoms with E-state index >= 15 is 0 Å². The van der Waals surface area contributed by atoms with Gasteiger partial charge in [-0.05, 0) is 37.0 Å². The number of hydrogen-bond donors (Lipinski definition) is 1. The van der Waals surface area contributed by atoms with Crippen LogP contribution in [0.15, 0.2) is 30.6 Å². The van der Waals surface area contributed by atoms with Gasteiger partial charge in [0, 0.05) is 36.8 Å². The van der Waals surface area contributed by atoms with Gasteiger partial charge in [-0.3, -0.25) is 14.5 Å². The number of nitrogens with two attached hydrogens (primary N) is 1. The van der Waals surface area contributed by atoms with E-state index in [0.29, 0.717) is 17.5 Å². The zero-order chi connectivity index (χ0) is 23.7. The second kappa shape index (κ2) is 8.55. The quantitative estimate of drug-likeness (QED) is 0.592. The van der Waals surface area contributed by atoms with Gasteiger partial charge in [0.2, 0.25) is 0 Å². The van der Waals surface area contributed by atoms with Crippen molar-refractivity contribution in [2.75, 3.05) is 0 Å². The van der Waals surface area contributed by atoms with E-state index in [9.17, 15) is 31.1 Å². The molecule has 7 nitrogen and oxygen atoms in total. The lowest BCUT2D eigenvalue weighted by molar-refractivity contribution is -0.142. The lowest BCUT2D eigenvalue weighted by Gasteiger charge is -2.07. The van der Waals surface area contributed by atoms with Gasteiger partial charge in [0.15, 0.2) is 11.5 Å². The number of nitrogens with zero attached hydrogens (tertiary/aromatic N) is 5. The first-order valence-corrected chi connectivity index (χ1v) is 9.15. The third kappa shape index (κ3) is 5.21. The number of aryl methyl sites for hydroxylation is 3. The Hall–Kier alpha value is -3.51. The van der Waals surface area contributed by atoms with E-state index < -0.39 is 29.6 Å². The van der Waals surface area contributed by atoms with E-state index in [1.54, 1.807) is 6.20 Å². The summed E-state index contributed by atoms with van der Waals surface area (Å²) in [5.41, 5.74) is 4.87. The average molecular weight is 458 g/mol. The molecule has 0 spiro atoms. The van der Waals surface area contributed by atoms with Crippen molar-refractivity contribution >= 4 is 5.91 Å². The molecule has 0 radical (unpaired) electrons. The van der Waals surface area contributed by atoms with Crippen molar-refractivity contribution in [2.45, 2.75) is 31.6 Å². The van der Waals surface area contributed by atoms with Crippen LogP contribution >= 0.6 is 0 Å². The predicted octanol–water partition coefficient (Wildman–Crippen LogP) is 3.58. The Bertz CT molecular complexity index is 1140. The summed E-state index contributed by atoms with van der Waals surface area (Å²) in [5.74, 6) is -0.612. The Balaban J connectivity index is 0.000000195. The van der Waals surface area contributed by atoms with Crippen molar-refractivity contribution in [1.29, 1.82) is 0 Å². The van der Waals surface area contributed by atoms with Gasteiger partial charge in [0.05, 0.1) is 0 Å². The molecule has 0 atom stereocenters. The fourth-order valence-electron chi connectivity index (χ4n) is 3.01. The average Bonchev–Trinajstić information content (AvgIpc) is 3.33. The maximum Gasteiger partial charge on any atom is 0.435 e. The maximum atomic E-state index is 12.6. The van der Waals surface area contributed by atoms with Gasteiger partial charge in [-0.1, -0.05) is 0 Å². The van der Waals surface area contributed by atoms with Crippen LogP contribution in [0.3, 0.4) is 0 Å². The lowest BCUT2D eigenvalue weighted by atomic mass is 10.2. The fourth-order valence-corrected chi connectivity index (χ4v) is 3.01. The van der Waals surface area contributed by atoms with Gasteiger partial charge in [-0.15, -0.1) is 0 Å². The smallest absolute Gasteiger partial charge is 0.364 e. The monoisotopic (exact) mass is 458 g/mol. The summed E-state index contributed by atoms with van der Waals surface area (Å²) in [4.78, 5) is 22.4. The third-order valence-electron chi connectivity index (χ3n) is 4.55. The van der Waals surface area contributed by atoms with E-state index in [0.717, 1.165) is 47.5 Å². The Kier molecular flexibility index (Phi) is 6.19. The molecule has 0 saturated carbocycles. The van der Waals surface area contributed by atoms with Crippen LogP contribution in [0, 0.1) is 0 Å². The Labute approximate surface area is 177 Å². The number of aromatic nitrogens is 5. The first-order chi connectivity index (χ1) is 14.9. The molecule has 0 saturated heterocycles. The number of amides is 1. The number of carbonyl (C=O) groups excluding carboxylic acids is 1. The predicted molar refractivity (Wildman–Crippen MR) is 99.0 cm³/mol. The minimum atomic E-state index is -4.55. The molecule has 1 aliphatic carbocycles. The third-order valence-corrected chi connectivity index (χ3v) is 4.55. The molecule has 0 aromatic carbocycles. The summed E-state index contributed by atoms with van der Waals surface area (Å²) in [6.07, 6.45) is -3.33. The summed E-state index contributed by atoms with van der Waals surface area (Å²) in [5, 5.41) is 3.09. The molecule has 32 heavy (non-hydrogen) atoms. The van der Waals surface area contributed by atoms with Crippen LogP contribution in [0.25, 0.3) is 11.4 Å². The van der Waals surface area contributed by atoms with E-state index in [-0.39, 0.29) is 5.69 Å². The molecular formula is C19H16F6N6O. The standard InChI is InChI=1S/C13H10F3N3.C6H6F3N3O/c14-13(15,16)11-6-8(4-5-17-11)12-18-7-9-2-1-3-10(9)19-12;1-12-3(5(10)13)2-4(11-12)6(7,8)9/h4-7H,1-3H2;2H,1H3,(H2,10,13). The molecular weight excluding hydrogens is 442 g/mol. The van der Waals surface area contributed by atoms with Crippen molar-refractivity contribution in [3.8, 4) is 11.4 Å². The maximum absolute atomic E-state index is 12.6. The second-order valence-corrected chi connectivity index (χ2v) is 6.85. The Morgan fingerprint density at radius 2 is 1.72 bits per heavy atom. The summed E-state index contributed by atoms with van der Waals surface area (Å²) in [7, 11) is 1.22. The summed E-state index contributed by atoms with van der Waals surface area (Å²) in [6, 6.07) is 3.09. The highest BCUT2D eigenvalue weighted by Gasteiger charge is 2.35. The molecule has 3 aromatic heterocycles. The van der Waals surface area contributed by atoms with E-state index in [2.05, 4.69) is 20.1 Å². The molecule has 13 heteroatoms. The summed E-state index contributed by atoms with van der Waals surface area (Å²) < 4.78 is 74.6. The highest BCUT2D eigenvalue weighted by molar-refractivity contribution is 5.91. The van der Waals surface area contributed by atoms with Crippen LogP contribution in [0.1, 0.15) is 39.6 Å². The van der Waals surface area contributed by atoms with E-state index in [1.807, 2.05) is 0 Å². The van der Waals surface area contributed by atoms with Crippen LogP contribution in [-0.2, 0) is 32.2 Å². The topological polar surface area (TPSA) is 99.6 Å². The van der Waals surface area contributed by atoms with Gasteiger partial charge >= 0.3 is 12.4 Å². The van der Waals surface area contributed by atoms with Gasteiger partial charge in [0.25, 0.3) is 5.91 Å². The first kappa shape index (κ1) is 23.2. The number of rotatable bonds is 2. The van der Waals surface area contributed by atoms with Gasteiger partial charge < -0.3 is 5.73 Å². The molecule has 0 aliphatic heterocycles. The summed E-state index contributed by atoms with van der Waals surface area (Å²) >= 11 is 0. The number of hydrogen-bond acceptors (Lipinski definition) is 5. The van der Waals surface area contributed by atoms with Crippen molar-refractivity contribution in [3.05, 3.63) is 58.9 Å². The second-order valence-electron chi connectivity index (χ2n) is 6.85. The zero-order valence-electron chi connectivity index (χ0n) is 16.5. The minimum Gasteiger partial charge on any atom is -0.364 e. The van der Waals surface area contributed by atoms with Gasteiger partial charge in [0.1, 0.15) is 11.4 Å². The summed E-state index contributed by atoms with van der Waals surface area (Å²) in [6.45, 7) is 0. The number of halogens is 6. The van der Waals surface area contributed by atoms with E-state index in [1.165, 1.54) is 13.1 Å². The SMILES string of the molecule is Cn1nc(C(F)(F)F)cc1C(N)=O.FC(F)(F)c1cc(-c2ncc3c(n2)CCC3)ccn1. The molecule has 0 bridgehead atoms. The molecule has 170 valence electrons. The largest absolute Gasteiger partial charge is 0.435 e. The number of carbonyl (C=O) groups is 1. The number of primary amides is 1. The zero-order valence-corrected chi connectivity index (χ0v) is 16.5. The van der Waals surface area contributed by atoms with Crippen molar-refractivity contribution in [3.63, 3.8) is 0 Å². The number of pyridine rings is 1. The van der Waals surface area contributed by atoms with Crippen LogP contribution in [0.5, 0.6) is 0 Å². The molecule has 3 heterocycles. The highest BCUT2D eigenvalue weighted by atomic mass is 19.4. The van der Waals surface area contributed by atoms with Gasteiger partial charge in [-0.25, -0.2) is 9.97 Å². The van der Waals surface area contributed by atoms with Crippen LogP contribution in [0.4, 0.5) is 26.3 Å². The fraction of sp³-hybridized carbons (Fsp3) is 0.316. The Morgan fingerprint density at radius 3 is 2.28 bits per heavy atom. The van der Waals surface area contributed by atoms with Crippen molar-refractivity contribution in [1.82, 2.24) is 24.7 Å². The molecule has 4 rings (SSSR count). The molecule has 3 aromatic rings. The van der Waals surface area contributed by atoms with Crippen LogP contribution < -0.4 is 5.73 Å². The van der Waals surface area contributed by atoms with E-state index in [4.69, 9.17) is 5.73 Å². The normalized spacial score (nSPS) is 13.3. The first-order valence-electron chi connectivity index (χ1n) is 9.15. The molecule has 1 aliphatic rings. The van der Waals surface area contributed by atoms with Crippen molar-refractivity contribution in [2.24, 2.45) is 12.8 Å². The highest BCUT2D eigenvalue weighted by Crippen LogP contribution is 2.30. The molecule has 0 unspecified atom stereocenters. The Morgan fingerprint density at radius 1 is 1.03 bits per heavy atom. The number of alkyl halides is 6. The van der Waals surface area contributed by atoms with Gasteiger partial charge in [-0.2, -0.15) is 31.4 Å². The lowest BCUT2D eigenvalue weighted by Crippen LogP contribution is -2.15. The molecule has 2 N–H and O–H groups in total. The molecule has 1 amide bonds. The van der Waals surface area contributed by atoms with Crippen molar-refractivity contribution < 1.29 is 31.1 Å². The minimum absolute atomic E-state index is 0.271. The van der Waals surface area contributed by atoms with Crippen LogP contribution in [0.2, 0.25) is 0 Å². The van der Waals surface area contributed by atoms with Crippen LogP contribution in [-0.4, -0.2) is 30.6 Å². The number of fused-ring (bicyclic) bond motifs is 1. The molecule has 0 fully saturated rings.